The topological polar surface area (TPSA) is 38.5 Å². The molecule has 1 heterocycles. The molecule has 0 radical (unpaired) electrons. The summed E-state index contributed by atoms with van der Waals surface area (Å²) in [7, 11) is -6.03. The van der Waals surface area contributed by atoms with Crippen molar-refractivity contribution in [1.82, 2.24) is 0 Å². The van der Waals surface area contributed by atoms with Crippen LogP contribution in [-0.4, -0.2) is 59.7 Å². The van der Waals surface area contributed by atoms with Crippen molar-refractivity contribution in [2.75, 3.05) is 6.54 Å². The van der Waals surface area contributed by atoms with Gasteiger partial charge in [0.25, 0.3) is 5.71 Å². The number of rotatable bonds is 6. The van der Waals surface area contributed by atoms with E-state index in [1.807, 2.05) is 0 Å². The predicted octanol–water partition coefficient (Wildman–Crippen LogP) is 5.83. The smallest absolute Gasteiger partial charge is 0.401 e. The Hall–Kier alpha value is -0.789. The van der Waals surface area contributed by atoms with Gasteiger partial charge in [0, 0.05) is 0 Å². The second-order valence-corrected chi connectivity index (χ2v) is 27.0. The molecular weight excluding hydrogens is 435 g/mol. The third-order valence-corrected chi connectivity index (χ3v) is 16.5. The Bertz CT molecular complexity index is 797. The lowest BCUT2D eigenvalue weighted by Gasteiger charge is -2.41. The molecule has 0 spiro atoms. The van der Waals surface area contributed by atoms with Gasteiger partial charge in [-0.2, -0.15) is 0 Å². The molecule has 0 fully saturated rings. The number of carbonyl (C=O) groups excluding carboxylic acids is 1. The normalized spacial score (nSPS) is 21.3. The van der Waals surface area contributed by atoms with E-state index in [0.717, 1.165) is 5.71 Å². The van der Waals surface area contributed by atoms with E-state index in [0.29, 0.717) is 6.54 Å². The maximum absolute atomic E-state index is 13.6. The second-order valence-electron chi connectivity index (χ2n) is 12.7. The number of hydrogen-bond donors (Lipinski definition) is 0. The van der Waals surface area contributed by atoms with Gasteiger partial charge < -0.3 is 8.85 Å². The Labute approximate surface area is 194 Å². The summed E-state index contributed by atoms with van der Waals surface area (Å²) in [5.41, 5.74) is 4.21. The zero-order valence-electron chi connectivity index (χ0n) is 22.3. The summed E-state index contributed by atoms with van der Waals surface area (Å²) in [6, 6.07) is 0. The molecule has 176 valence electrons. The van der Waals surface area contributed by atoms with E-state index in [-0.39, 0.29) is 16.0 Å². The Morgan fingerprint density at radius 2 is 1.32 bits per heavy atom. The maximum Gasteiger partial charge on any atom is 0.419 e. The Morgan fingerprint density at radius 3 is 1.68 bits per heavy atom. The molecule has 0 saturated carbocycles. The van der Waals surface area contributed by atoms with Crippen molar-refractivity contribution in [3.63, 3.8) is 0 Å². The van der Waals surface area contributed by atoms with Crippen LogP contribution in [0.3, 0.4) is 0 Å². The van der Waals surface area contributed by atoms with Crippen molar-refractivity contribution in [3.8, 4) is 11.5 Å². The lowest BCUT2D eigenvalue weighted by molar-refractivity contribution is -0.435. The van der Waals surface area contributed by atoms with Gasteiger partial charge in [-0.3, -0.25) is 0 Å². The van der Waals surface area contributed by atoms with E-state index in [9.17, 15) is 4.79 Å². The summed E-state index contributed by atoms with van der Waals surface area (Å²) in [6.45, 7) is 33.0. The molecule has 7 heteroatoms. The van der Waals surface area contributed by atoms with Gasteiger partial charge in [-0.1, -0.05) is 67.8 Å². The average molecular weight is 481 g/mol. The first-order valence-electron chi connectivity index (χ1n) is 11.3. The molecule has 1 amide bonds. The quantitative estimate of drug-likeness (QED) is 0.208. The largest absolute Gasteiger partial charge is 0.419 e. The van der Waals surface area contributed by atoms with Crippen molar-refractivity contribution >= 4 is 36.3 Å². The minimum Gasteiger partial charge on any atom is -0.401 e. The first kappa shape index (κ1) is 28.2. The molecule has 0 saturated heterocycles. The molecule has 1 aliphatic heterocycles. The third kappa shape index (κ3) is 6.85. The van der Waals surface area contributed by atoms with E-state index in [1.54, 1.807) is 10.7 Å². The van der Waals surface area contributed by atoms with Crippen LogP contribution in [0.4, 0.5) is 0 Å². The number of carbonyl (C=O) groups is 1. The average Bonchev–Trinajstić information content (AvgIpc) is 2.75. The highest BCUT2D eigenvalue weighted by atomic mass is 28.4. The van der Waals surface area contributed by atoms with Crippen LogP contribution in [0.5, 0.6) is 0 Å². The summed E-state index contributed by atoms with van der Waals surface area (Å²) in [5.74, 6) is 3.34. The zero-order chi connectivity index (χ0) is 24.6. The van der Waals surface area contributed by atoms with Crippen LogP contribution in [0, 0.1) is 11.5 Å². The summed E-state index contributed by atoms with van der Waals surface area (Å²) in [4.78, 5) is 13.6. The van der Waals surface area contributed by atoms with Crippen LogP contribution in [0.2, 0.25) is 55.9 Å². The Balaban J connectivity index is 3.65. The molecule has 0 bridgehead atoms. The van der Waals surface area contributed by atoms with Crippen molar-refractivity contribution in [1.29, 1.82) is 0 Å². The Kier molecular flexibility index (Phi) is 8.40. The van der Waals surface area contributed by atoms with Crippen molar-refractivity contribution in [3.05, 3.63) is 12.7 Å². The summed E-state index contributed by atoms with van der Waals surface area (Å²) < 4.78 is 15.3. The molecule has 0 N–H and O–H groups in total. The summed E-state index contributed by atoms with van der Waals surface area (Å²) in [5, 5.41) is 0.00553. The highest BCUT2D eigenvalue weighted by Crippen LogP contribution is 2.41. The molecule has 1 rings (SSSR count). The van der Waals surface area contributed by atoms with Crippen LogP contribution in [-0.2, 0) is 13.6 Å². The molecular formula is C24H46NO3Si3+. The highest BCUT2D eigenvalue weighted by Gasteiger charge is 2.57. The van der Waals surface area contributed by atoms with Crippen LogP contribution >= 0.6 is 0 Å². The molecule has 0 unspecified atom stereocenters. The molecule has 31 heavy (non-hydrogen) atoms. The van der Waals surface area contributed by atoms with Gasteiger partial charge in [-0.15, -0.1) is 10.1 Å². The maximum atomic E-state index is 13.6. The van der Waals surface area contributed by atoms with E-state index < -0.39 is 36.9 Å². The van der Waals surface area contributed by atoms with Crippen LogP contribution < -0.4 is 0 Å². The SMILES string of the molecule is C=CC[N+]1=C(C#C[Si](C)(C)C)[C@@H](O[Si](C)(C)C(C)(C)C)[C@H](O[Si](C)(C)C(C)(C)C)C1=O. The monoisotopic (exact) mass is 480 g/mol. The van der Waals surface area contributed by atoms with Crippen LogP contribution in [0.25, 0.3) is 0 Å². The molecule has 2 atom stereocenters. The fourth-order valence-electron chi connectivity index (χ4n) is 2.62. The fraction of sp³-hybridized carbons (Fsp3) is 0.750. The van der Waals surface area contributed by atoms with Crippen molar-refractivity contribution in [2.24, 2.45) is 0 Å². The van der Waals surface area contributed by atoms with E-state index in [1.165, 1.54) is 0 Å². The van der Waals surface area contributed by atoms with E-state index in [2.05, 4.69) is 105 Å². The van der Waals surface area contributed by atoms with Gasteiger partial charge in [-0.25, -0.2) is 4.79 Å². The van der Waals surface area contributed by atoms with Gasteiger partial charge in [-0.05, 0) is 48.3 Å². The molecule has 0 aliphatic carbocycles. The van der Waals surface area contributed by atoms with E-state index in [4.69, 9.17) is 8.85 Å². The minimum atomic E-state index is -2.21. The summed E-state index contributed by atoms with van der Waals surface area (Å²) in [6.07, 6.45) is 0.638. The Morgan fingerprint density at radius 1 is 0.903 bits per heavy atom. The lowest BCUT2D eigenvalue weighted by Crippen LogP contribution is -2.53. The molecule has 1 aliphatic rings. The fourth-order valence-corrected chi connectivity index (χ4v) is 5.56. The minimum absolute atomic E-state index is 0.00910. The molecule has 0 aromatic heterocycles. The highest BCUT2D eigenvalue weighted by molar-refractivity contribution is 6.84. The van der Waals surface area contributed by atoms with Crippen molar-refractivity contribution in [2.45, 2.75) is 110 Å². The zero-order valence-corrected chi connectivity index (χ0v) is 25.3. The van der Waals surface area contributed by atoms with Gasteiger partial charge >= 0.3 is 5.91 Å². The number of hydrogen-bond acceptors (Lipinski definition) is 3. The van der Waals surface area contributed by atoms with Gasteiger partial charge in [0.2, 0.25) is 6.10 Å². The lowest BCUT2D eigenvalue weighted by atomic mass is 10.2. The van der Waals surface area contributed by atoms with Crippen molar-refractivity contribution < 1.29 is 18.2 Å². The molecule has 4 nitrogen and oxygen atoms in total. The van der Waals surface area contributed by atoms with Crippen LogP contribution in [0.1, 0.15) is 41.5 Å². The number of nitrogens with zero attached hydrogens (tertiary/aromatic N) is 1. The van der Waals surface area contributed by atoms with Gasteiger partial charge in [0.1, 0.15) is 8.07 Å². The second kappa shape index (κ2) is 9.22. The number of amides is 1. The summed E-state index contributed by atoms with van der Waals surface area (Å²) >= 11 is 0. The predicted molar refractivity (Wildman–Crippen MR) is 141 cm³/mol. The van der Waals surface area contributed by atoms with Gasteiger partial charge in [0.15, 0.2) is 29.3 Å². The first-order chi connectivity index (χ1) is 13.6. The van der Waals surface area contributed by atoms with Crippen LogP contribution in [0.15, 0.2) is 12.7 Å². The first-order valence-corrected chi connectivity index (χ1v) is 20.6. The standard InChI is InChI=1S/C24H46NO3Si3/c1-15-17-25-19(16-18-29(8,9)10)20(27-30(11,12)23(2,3)4)21(22(25)26)28-31(13,14)24(5,6)7/h15,20-21H,1,17H2,2-14H3/q+1/t20-,21+/m1/s1. The molecule has 0 aromatic carbocycles. The third-order valence-electron chi connectivity index (χ3n) is 6.68. The molecule has 0 aromatic rings. The van der Waals surface area contributed by atoms with Gasteiger partial charge in [0.05, 0.1) is 0 Å². The van der Waals surface area contributed by atoms with E-state index >= 15 is 0 Å².